The summed E-state index contributed by atoms with van der Waals surface area (Å²) in [5, 5.41) is 2.79. The van der Waals surface area contributed by atoms with E-state index in [0.29, 0.717) is 17.8 Å². The van der Waals surface area contributed by atoms with Gasteiger partial charge in [0.25, 0.3) is 11.8 Å². The summed E-state index contributed by atoms with van der Waals surface area (Å²) in [5.41, 5.74) is 2.72. The number of nitrogens with one attached hydrogen (secondary N) is 1. The molecule has 0 fully saturated rings. The Morgan fingerprint density at radius 2 is 1.59 bits per heavy atom. The summed E-state index contributed by atoms with van der Waals surface area (Å²) < 4.78 is 13.1. The smallest absolute Gasteiger partial charge is 0.255 e. The van der Waals surface area contributed by atoms with E-state index < -0.39 is 6.04 Å². The second-order valence-electron chi connectivity index (χ2n) is 6.40. The lowest BCUT2D eigenvalue weighted by Gasteiger charge is -2.27. The molecular weight excluding hydrogens is 343 g/mol. The minimum Gasteiger partial charge on any atom is -0.324 e. The number of rotatable bonds is 4. The zero-order valence-electron chi connectivity index (χ0n) is 14.4. The van der Waals surface area contributed by atoms with Crippen LogP contribution in [0.15, 0.2) is 78.9 Å². The average molecular weight is 360 g/mol. The molecule has 1 aliphatic heterocycles. The minimum atomic E-state index is -0.781. The molecule has 1 N–H and O–H groups in total. The molecule has 3 aromatic rings. The van der Waals surface area contributed by atoms with E-state index >= 15 is 0 Å². The van der Waals surface area contributed by atoms with Crippen LogP contribution in [0.1, 0.15) is 27.5 Å². The van der Waals surface area contributed by atoms with Crippen molar-refractivity contribution < 1.29 is 14.0 Å². The number of benzene rings is 3. The lowest BCUT2D eigenvalue weighted by Crippen LogP contribution is -2.37. The van der Waals surface area contributed by atoms with Gasteiger partial charge in [-0.2, -0.15) is 0 Å². The number of carbonyl (C=O) groups excluding carboxylic acids is 2. The molecule has 2 amide bonds. The van der Waals surface area contributed by atoms with Crippen molar-refractivity contribution in [3.05, 3.63) is 101 Å². The van der Waals surface area contributed by atoms with E-state index in [1.807, 2.05) is 48.5 Å². The van der Waals surface area contributed by atoms with Crippen molar-refractivity contribution in [3.63, 3.8) is 0 Å². The molecule has 0 aromatic heterocycles. The summed E-state index contributed by atoms with van der Waals surface area (Å²) in [4.78, 5) is 27.6. The second kappa shape index (κ2) is 7.03. The van der Waals surface area contributed by atoms with Gasteiger partial charge in [-0.1, -0.05) is 48.5 Å². The molecule has 0 saturated heterocycles. The molecule has 134 valence electrons. The van der Waals surface area contributed by atoms with Crippen molar-refractivity contribution in [2.24, 2.45) is 0 Å². The summed E-state index contributed by atoms with van der Waals surface area (Å²) in [6.45, 7) is 0.366. The first-order valence-corrected chi connectivity index (χ1v) is 8.64. The van der Waals surface area contributed by atoms with E-state index in [1.165, 1.54) is 24.3 Å². The van der Waals surface area contributed by atoms with E-state index in [9.17, 15) is 14.0 Å². The molecular formula is C22H17FN2O2. The zero-order valence-corrected chi connectivity index (χ0v) is 14.4. The van der Waals surface area contributed by atoms with E-state index in [4.69, 9.17) is 0 Å². The van der Waals surface area contributed by atoms with Crippen LogP contribution < -0.4 is 5.32 Å². The Morgan fingerprint density at radius 1 is 0.926 bits per heavy atom. The molecule has 0 spiro atoms. The van der Waals surface area contributed by atoms with Crippen LogP contribution in [0, 0.1) is 5.82 Å². The Kier molecular flexibility index (Phi) is 4.42. The van der Waals surface area contributed by atoms with Gasteiger partial charge < -0.3 is 10.2 Å². The van der Waals surface area contributed by atoms with Gasteiger partial charge in [0.15, 0.2) is 0 Å². The molecule has 0 aliphatic carbocycles. The fourth-order valence-electron chi connectivity index (χ4n) is 3.34. The first kappa shape index (κ1) is 17.0. The van der Waals surface area contributed by atoms with Crippen molar-refractivity contribution in [2.45, 2.75) is 12.6 Å². The second-order valence-corrected chi connectivity index (χ2v) is 6.40. The molecule has 0 radical (unpaired) electrons. The third kappa shape index (κ3) is 3.31. The third-order valence-electron chi connectivity index (χ3n) is 4.64. The number of fused-ring (bicyclic) bond motifs is 1. The average Bonchev–Trinajstić information content (AvgIpc) is 3.01. The van der Waals surface area contributed by atoms with Crippen LogP contribution in [-0.4, -0.2) is 16.7 Å². The number of hydrogen-bond donors (Lipinski definition) is 1. The number of anilines is 1. The molecule has 4 rings (SSSR count). The van der Waals surface area contributed by atoms with Crippen molar-refractivity contribution >= 4 is 17.5 Å². The standard InChI is InChI=1S/C22H17FN2O2/c23-17-10-12-18(13-11-17)24-21(26)20(15-6-2-1-3-7-15)25-14-16-8-4-5-9-19(16)22(25)27/h1-13,20H,14H2,(H,24,26)/t20-/m1/s1. The monoisotopic (exact) mass is 360 g/mol. The predicted octanol–water partition coefficient (Wildman–Crippen LogP) is 4.16. The van der Waals surface area contributed by atoms with Gasteiger partial charge in [-0.15, -0.1) is 0 Å². The Morgan fingerprint density at radius 3 is 2.30 bits per heavy atom. The summed E-state index contributed by atoms with van der Waals surface area (Å²) in [6, 6.07) is 21.3. The van der Waals surface area contributed by atoms with E-state index in [-0.39, 0.29) is 17.6 Å². The van der Waals surface area contributed by atoms with Crippen LogP contribution in [0.25, 0.3) is 0 Å². The maximum absolute atomic E-state index is 13.1. The van der Waals surface area contributed by atoms with Crippen molar-refractivity contribution in [1.29, 1.82) is 0 Å². The number of hydrogen-bond acceptors (Lipinski definition) is 2. The fraction of sp³-hybridized carbons (Fsp3) is 0.0909. The van der Waals surface area contributed by atoms with Gasteiger partial charge in [0.1, 0.15) is 11.9 Å². The molecule has 0 saturated carbocycles. The highest BCUT2D eigenvalue weighted by molar-refractivity contribution is 6.03. The van der Waals surface area contributed by atoms with Crippen molar-refractivity contribution in [2.75, 3.05) is 5.32 Å². The molecule has 5 heteroatoms. The molecule has 1 heterocycles. The maximum Gasteiger partial charge on any atom is 0.255 e. The Labute approximate surface area is 156 Å². The number of nitrogens with zero attached hydrogens (tertiary/aromatic N) is 1. The van der Waals surface area contributed by atoms with E-state index in [1.54, 1.807) is 11.0 Å². The Bertz CT molecular complexity index is 987. The summed E-state index contributed by atoms with van der Waals surface area (Å²) in [5.74, 6) is -0.888. The maximum atomic E-state index is 13.1. The summed E-state index contributed by atoms with van der Waals surface area (Å²) in [6.07, 6.45) is 0. The van der Waals surface area contributed by atoms with Crippen LogP contribution in [0.5, 0.6) is 0 Å². The molecule has 1 aliphatic rings. The minimum absolute atomic E-state index is 0.172. The van der Waals surface area contributed by atoms with Crippen molar-refractivity contribution in [3.8, 4) is 0 Å². The zero-order chi connectivity index (χ0) is 18.8. The topological polar surface area (TPSA) is 49.4 Å². The van der Waals surface area contributed by atoms with Gasteiger partial charge in [-0.05, 0) is 41.5 Å². The molecule has 1 atom stereocenters. The van der Waals surface area contributed by atoms with Gasteiger partial charge in [0.2, 0.25) is 0 Å². The molecule has 4 nitrogen and oxygen atoms in total. The summed E-state index contributed by atoms with van der Waals surface area (Å²) in [7, 11) is 0. The van der Waals surface area contributed by atoms with Crippen LogP contribution in [0.3, 0.4) is 0 Å². The van der Waals surface area contributed by atoms with Crippen LogP contribution >= 0.6 is 0 Å². The van der Waals surface area contributed by atoms with Gasteiger partial charge in [-0.3, -0.25) is 9.59 Å². The quantitative estimate of drug-likeness (QED) is 0.759. The summed E-state index contributed by atoms with van der Waals surface area (Å²) >= 11 is 0. The SMILES string of the molecule is O=C(Nc1ccc(F)cc1)[C@@H](c1ccccc1)N1Cc2ccccc2C1=O. The van der Waals surface area contributed by atoms with Crippen LogP contribution in [0.4, 0.5) is 10.1 Å². The predicted molar refractivity (Wildman–Crippen MR) is 101 cm³/mol. The lowest BCUT2D eigenvalue weighted by molar-refractivity contribution is -0.120. The molecule has 0 unspecified atom stereocenters. The largest absolute Gasteiger partial charge is 0.324 e. The normalized spacial score (nSPS) is 14.0. The highest BCUT2D eigenvalue weighted by Gasteiger charge is 2.37. The third-order valence-corrected chi connectivity index (χ3v) is 4.64. The van der Waals surface area contributed by atoms with Crippen LogP contribution in [0.2, 0.25) is 0 Å². The highest BCUT2D eigenvalue weighted by Crippen LogP contribution is 2.32. The van der Waals surface area contributed by atoms with Gasteiger partial charge in [-0.25, -0.2) is 4.39 Å². The van der Waals surface area contributed by atoms with Gasteiger partial charge in [0, 0.05) is 17.8 Å². The molecule has 0 bridgehead atoms. The number of carbonyl (C=O) groups is 2. The lowest BCUT2D eigenvalue weighted by atomic mass is 10.0. The molecule has 3 aromatic carbocycles. The first-order valence-electron chi connectivity index (χ1n) is 8.64. The first-order chi connectivity index (χ1) is 13.1. The van der Waals surface area contributed by atoms with Crippen LogP contribution in [-0.2, 0) is 11.3 Å². The highest BCUT2D eigenvalue weighted by atomic mass is 19.1. The number of amides is 2. The fourth-order valence-corrected chi connectivity index (χ4v) is 3.34. The van der Waals surface area contributed by atoms with E-state index in [2.05, 4.69) is 5.32 Å². The Balaban J connectivity index is 1.67. The van der Waals surface area contributed by atoms with Crippen molar-refractivity contribution in [1.82, 2.24) is 4.90 Å². The van der Waals surface area contributed by atoms with Gasteiger partial charge >= 0.3 is 0 Å². The number of halogens is 1. The molecule has 27 heavy (non-hydrogen) atoms. The van der Waals surface area contributed by atoms with Gasteiger partial charge in [0.05, 0.1) is 0 Å². The van der Waals surface area contributed by atoms with E-state index in [0.717, 1.165) is 11.1 Å². The Hall–Kier alpha value is -3.47.